The Morgan fingerprint density at radius 3 is 2.62 bits per heavy atom. The van der Waals surface area contributed by atoms with Crippen LogP contribution in [0.3, 0.4) is 0 Å². The maximum absolute atomic E-state index is 14.3. The third-order valence-corrected chi connectivity index (χ3v) is 8.04. The van der Waals surface area contributed by atoms with E-state index in [1.165, 1.54) is 6.92 Å². The van der Waals surface area contributed by atoms with Crippen LogP contribution >= 0.6 is 23.2 Å². The zero-order chi connectivity index (χ0) is 28.0. The number of hydrazone groups is 1. The molecule has 0 aromatic heterocycles. The summed E-state index contributed by atoms with van der Waals surface area (Å²) in [5, 5.41) is 10.0. The number of fused-ring (bicyclic) bond motifs is 1. The topological polar surface area (TPSA) is 74.2 Å². The molecule has 0 spiro atoms. The Bertz CT molecular complexity index is 1420. The number of benzene rings is 2. The van der Waals surface area contributed by atoms with Gasteiger partial charge in [-0.3, -0.25) is 14.6 Å². The van der Waals surface area contributed by atoms with Crippen LogP contribution in [0.25, 0.3) is 0 Å². The van der Waals surface area contributed by atoms with Gasteiger partial charge in [0, 0.05) is 29.8 Å². The van der Waals surface area contributed by atoms with E-state index < -0.39 is 0 Å². The Balaban J connectivity index is 1.68. The number of nitrogens with one attached hydrogen (secondary N) is 1. The summed E-state index contributed by atoms with van der Waals surface area (Å²) in [6, 6.07) is 13.1. The SMILES string of the molecule is COc1ccccc1N1N=C2C(=O)N(C3=CC(NC(C)=O)=CC(Cl)C3)C(c3ccc(Cl)cc3C)C2C1C(C)C. The summed E-state index contributed by atoms with van der Waals surface area (Å²) in [7, 11) is 1.64. The van der Waals surface area contributed by atoms with E-state index in [2.05, 4.69) is 19.2 Å². The summed E-state index contributed by atoms with van der Waals surface area (Å²) in [5.74, 6) is 0.253. The fourth-order valence-corrected chi connectivity index (χ4v) is 6.55. The molecule has 2 aromatic rings. The quantitative estimate of drug-likeness (QED) is 0.437. The first kappa shape index (κ1) is 27.3. The second kappa shape index (κ2) is 10.7. The van der Waals surface area contributed by atoms with Crippen LogP contribution in [-0.4, -0.2) is 41.0 Å². The molecule has 0 bridgehead atoms. The molecule has 4 unspecified atom stereocenters. The molecule has 39 heavy (non-hydrogen) atoms. The van der Waals surface area contributed by atoms with E-state index in [0.717, 1.165) is 22.5 Å². The molecule has 1 aliphatic carbocycles. The summed E-state index contributed by atoms with van der Waals surface area (Å²) >= 11 is 13.0. The summed E-state index contributed by atoms with van der Waals surface area (Å²) in [6.07, 6.45) is 4.09. The molecule has 0 radical (unpaired) electrons. The van der Waals surface area contributed by atoms with Crippen LogP contribution in [0.2, 0.25) is 5.02 Å². The van der Waals surface area contributed by atoms with Crippen molar-refractivity contribution in [2.24, 2.45) is 16.9 Å². The van der Waals surface area contributed by atoms with Crippen LogP contribution in [0.5, 0.6) is 5.75 Å². The highest BCUT2D eigenvalue weighted by molar-refractivity contribution is 6.43. The third-order valence-electron chi connectivity index (χ3n) is 7.52. The van der Waals surface area contributed by atoms with Crippen molar-refractivity contribution in [3.63, 3.8) is 0 Å². The van der Waals surface area contributed by atoms with Gasteiger partial charge in [-0.2, -0.15) is 5.10 Å². The molecule has 0 saturated carbocycles. The van der Waals surface area contributed by atoms with Crippen LogP contribution in [0, 0.1) is 18.8 Å². The average Bonchev–Trinajstić information content (AvgIpc) is 3.38. The molecule has 2 aliphatic heterocycles. The predicted molar refractivity (Wildman–Crippen MR) is 155 cm³/mol. The normalized spacial score (nSPS) is 24.4. The molecular formula is C30H32Cl2N4O3. The van der Waals surface area contributed by atoms with Gasteiger partial charge in [0.2, 0.25) is 5.91 Å². The van der Waals surface area contributed by atoms with Crippen LogP contribution in [0.1, 0.15) is 44.4 Å². The standard InChI is InChI=1S/C30H32Cl2N4O3/c1-16(2)28-26-27(34-36(28)24-8-6-7-9-25(24)39-5)30(38)35(29(26)23-11-10-19(31)12-17(23)3)22-14-20(32)13-21(15-22)33-18(4)37/h6-13,15-16,20,26,28-29H,14H2,1-5H3,(H,33,37). The number of allylic oxidation sites excluding steroid dienone is 3. The smallest absolute Gasteiger partial charge is 0.275 e. The van der Waals surface area contributed by atoms with Gasteiger partial charge in [0.1, 0.15) is 17.1 Å². The van der Waals surface area contributed by atoms with Crippen LogP contribution < -0.4 is 15.1 Å². The van der Waals surface area contributed by atoms with Crippen molar-refractivity contribution >= 4 is 46.4 Å². The summed E-state index contributed by atoms with van der Waals surface area (Å²) in [6.45, 7) is 7.76. The van der Waals surface area contributed by atoms with Crippen molar-refractivity contribution < 1.29 is 14.3 Å². The lowest BCUT2D eigenvalue weighted by Crippen LogP contribution is -2.41. The largest absolute Gasteiger partial charge is 0.495 e. The Kier molecular flexibility index (Phi) is 7.49. The number of likely N-dealkylation sites (tertiary alicyclic amines) is 1. The summed E-state index contributed by atoms with van der Waals surface area (Å²) in [4.78, 5) is 28.0. The maximum atomic E-state index is 14.3. The number of carbonyl (C=O) groups is 2. The lowest BCUT2D eigenvalue weighted by Gasteiger charge is -2.38. The number of rotatable bonds is 6. The van der Waals surface area contributed by atoms with Crippen LogP contribution in [0.15, 0.2) is 71.1 Å². The van der Waals surface area contributed by atoms with E-state index in [-0.39, 0.29) is 41.1 Å². The van der Waals surface area contributed by atoms with E-state index in [1.807, 2.05) is 65.4 Å². The lowest BCUT2D eigenvalue weighted by atomic mass is 9.80. The van der Waals surface area contributed by atoms with Crippen LogP contribution in [-0.2, 0) is 9.59 Å². The highest BCUT2D eigenvalue weighted by Crippen LogP contribution is 2.51. The van der Waals surface area contributed by atoms with Gasteiger partial charge in [-0.15, -0.1) is 11.6 Å². The van der Waals surface area contributed by atoms with Gasteiger partial charge >= 0.3 is 0 Å². The monoisotopic (exact) mass is 566 g/mol. The Morgan fingerprint density at radius 1 is 1.21 bits per heavy atom. The number of hydrogen-bond donors (Lipinski definition) is 1. The number of ether oxygens (including phenoxy) is 1. The number of methoxy groups -OCH3 is 1. The average molecular weight is 568 g/mol. The predicted octanol–water partition coefficient (Wildman–Crippen LogP) is 5.97. The van der Waals surface area contributed by atoms with Gasteiger partial charge in [-0.05, 0) is 60.4 Å². The molecule has 3 aliphatic rings. The fourth-order valence-electron chi connectivity index (χ4n) is 6.03. The number of alkyl halides is 1. The number of nitrogens with zero attached hydrogens (tertiary/aromatic N) is 3. The number of aryl methyl sites for hydroxylation is 1. The molecule has 1 N–H and O–H groups in total. The number of halogens is 2. The van der Waals surface area contributed by atoms with Gasteiger partial charge in [0.15, 0.2) is 0 Å². The molecule has 1 saturated heterocycles. The number of anilines is 1. The van der Waals surface area contributed by atoms with E-state index in [1.54, 1.807) is 13.2 Å². The summed E-state index contributed by atoms with van der Waals surface area (Å²) in [5.41, 5.74) is 4.63. The molecule has 4 atom stereocenters. The number of hydrogen-bond acceptors (Lipinski definition) is 5. The first-order valence-corrected chi connectivity index (χ1v) is 13.9. The number of amides is 2. The van der Waals surface area contributed by atoms with Crippen molar-refractivity contribution in [2.45, 2.75) is 51.6 Å². The van der Waals surface area contributed by atoms with Crippen molar-refractivity contribution in [1.82, 2.24) is 10.2 Å². The highest BCUT2D eigenvalue weighted by atomic mass is 35.5. The highest BCUT2D eigenvalue weighted by Gasteiger charge is 2.57. The van der Waals surface area contributed by atoms with Gasteiger partial charge in [-0.25, -0.2) is 0 Å². The van der Waals surface area contributed by atoms with Gasteiger partial charge in [0.25, 0.3) is 5.91 Å². The molecule has 7 nitrogen and oxygen atoms in total. The minimum atomic E-state index is -0.375. The van der Waals surface area contributed by atoms with E-state index >= 15 is 0 Å². The molecular weight excluding hydrogens is 535 g/mol. The third kappa shape index (κ3) is 4.94. The maximum Gasteiger partial charge on any atom is 0.275 e. The van der Waals surface area contributed by atoms with Crippen LogP contribution in [0.4, 0.5) is 5.69 Å². The Hall–Kier alpha value is -3.29. The molecule has 204 valence electrons. The Labute approximate surface area is 239 Å². The van der Waals surface area contributed by atoms with E-state index in [9.17, 15) is 9.59 Å². The van der Waals surface area contributed by atoms with Crippen molar-refractivity contribution in [2.75, 3.05) is 12.1 Å². The number of para-hydroxylation sites is 2. The van der Waals surface area contributed by atoms with Gasteiger partial charge in [-0.1, -0.05) is 43.6 Å². The van der Waals surface area contributed by atoms with Crippen molar-refractivity contribution in [3.8, 4) is 5.75 Å². The van der Waals surface area contributed by atoms with Gasteiger partial charge in [0.05, 0.1) is 30.5 Å². The first-order valence-electron chi connectivity index (χ1n) is 13.0. The van der Waals surface area contributed by atoms with Crippen molar-refractivity contribution in [1.29, 1.82) is 0 Å². The minimum Gasteiger partial charge on any atom is -0.495 e. The zero-order valence-electron chi connectivity index (χ0n) is 22.6. The van der Waals surface area contributed by atoms with Crippen molar-refractivity contribution in [3.05, 3.63) is 82.2 Å². The molecule has 9 heteroatoms. The first-order chi connectivity index (χ1) is 18.6. The second-order valence-corrected chi connectivity index (χ2v) is 11.5. The Morgan fingerprint density at radius 2 is 1.95 bits per heavy atom. The molecule has 2 amide bonds. The number of carbonyl (C=O) groups excluding carboxylic acids is 2. The van der Waals surface area contributed by atoms with E-state index in [4.69, 9.17) is 33.0 Å². The zero-order valence-corrected chi connectivity index (χ0v) is 24.1. The molecule has 2 aromatic carbocycles. The fraction of sp³-hybridized carbons (Fsp3) is 0.367. The van der Waals surface area contributed by atoms with Gasteiger partial charge < -0.3 is 15.0 Å². The lowest BCUT2D eigenvalue weighted by molar-refractivity contribution is -0.122. The second-order valence-electron chi connectivity index (χ2n) is 10.5. The molecule has 1 fully saturated rings. The molecule has 2 heterocycles. The summed E-state index contributed by atoms with van der Waals surface area (Å²) < 4.78 is 5.66. The minimum absolute atomic E-state index is 0.119. The van der Waals surface area contributed by atoms with E-state index in [0.29, 0.717) is 28.6 Å². The molecule has 5 rings (SSSR count).